The van der Waals surface area contributed by atoms with Gasteiger partial charge in [-0.25, -0.2) is 4.79 Å². The maximum atomic E-state index is 12.0. The molecule has 2 amide bonds. The second kappa shape index (κ2) is 7.14. The summed E-state index contributed by atoms with van der Waals surface area (Å²) >= 11 is 0. The van der Waals surface area contributed by atoms with E-state index in [0.717, 1.165) is 38.1 Å². The SMILES string of the molecule is COCC1CCN(C(=O)NCc2ccccc2)CC1. The van der Waals surface area contributed by atoms with E-state index < -0.39 is 0 Å². The van der Waals surface area contributed by atoms with Crippen molar-refractivity contribution in [3.05, 3.63) is 35.9 Å². The third kappa shape index (κ3) is 4.24. The molecule has 1 aliphatic heterocycles. The maximum Gasteiger partial charge on any atom is 0.317 e. The number of rotatable bonds is 4. The fraction of sp³-hybridized carbons (Fsp3) is 0.533. The summed E-state index contributed by atoms with van der Waals surface area (Å²) < 4.78 is 5.16. The molecular formula is C15H22N2O2. The number of hydrogen-bond acceptors (Lipinski definition) is 2. The Balaban J connectivity index is 1.73. The molecule has 19 heavy (non-hydrogen) atoms. The molecule has 4 heteroatoms. The summed E-state index contributed by atoms with van der Waals surface area (Å²) in [5.41, 5.74) is 1.13. The van der Waals surface area contributed by atoms with Crippen molar-refractivity contribution in [3.8, 4) is 0 Å². The highest BCUT2D eigenvalue weighted by Gasteiger charge is 2.22. The molecule has 0 bridgehead atoms. The molecule has 4 nitrogen and oxygen atoms in total. The number of piperidine rings is 1. The molecule has 2 rings (SSSR count). The number of amides is 2. The maximum absolute atomic E-state index is 12.0. The third-order valence-corrected chi connectivity index (χ3v) is 3.59. The van der Waals surface area contributed by atoms with Crippen LogP contribution in [0.2, 0.25) is 0 Å². The summed E-state index contributed by atoms with van der Waals surface area (Å²) in [6, 6.07) is 10.0. The van der Waals surface area contributed by atoms with Crippen molar-refractivity contribution in [1.29, 1.82) is 0 Å². The van der Waals surface area contributed by atoms with Crippen molar-refractivity contribution in [2.24, 2.45) is 5.92 Å². The lowest BCUT2D eigenvalue weighted by Crippen LogP contribution is -2.44. The quantitative estimate of drug-likeness (QED) is 0.904. The van der Waals surface area contributed by atoms with Gasteiger partial charge in [0.15, 0.2) is 0 Å². The lowest BCUT2D eigenvalue weighted by Gasteiger charge is -2.31. The first kappa shape index (κ1) is 13.9. The molecule has 0 radical (unpaired) electrons. The summed E-state index contributed by atoms with van der Waals surface area (Å²) in [4.78, 5) is 13.9. The van der Waals surface area contributed by atoms with Crippen LogP contribution in [0.1, 0.15) is 18.4 Å². The molecule has 1 aromatic carbocycles. The van der Waals surface area contributed by atoms with E-state index in [0.29, 0.717) is 12.5 Å². The molecular weight excluding hydrogens is 240 g/mol. The normalized spacial score (nSPS) is 16.4. The predicted molar refractivity (Wildman–Crippen MR) is 74.9 cm³/mol. The summed E-state index contributed by atoms with van der Waals surface area (Å²) in [6.45, 7) is 3.06. The predicted octanol–water partition coefficient (Wildman–Crippen LogP) is 2.25. The first-order valence-corrected chi connectivity index (χ1v) is 6.85. The molecule has 0 spiro atoms. The van der Waals surface area contributed by atoms with Gasteiger partial charge in [0.2, 0.25) is 0 Å². The van der Waals surface area contributed by atoms with Gasteiger partial charge in [-0.2, -0.15) is 0 Å². The average molecular weight is 262 g/mol. The van der Waals surface area contributed by atoms with Gasteiger partial charge in [0.1, 0.15) is 0 Å². The van der Waals surface area contributed by atoms with E-state index in [-0.39, 0.29) is 6.03 Å². The number of nitrogens with one attached hydrogen (secondary N) is 1. The Hall–Kier alpha value is -1.55. The molecule has 1 aliphatic rings. The van der Waals surface area contributed by atoms with Gasteiger partial charge in [-0.3, -0.25) is 0 Å². The Morgan fingerprint density at radius 1 is 1.32 bits per heavy atom. The monoisotopic (exact) mass is 262 g/mol. The summed E-state index contributed by atoms with van der Waals surface area (Å²) in [6.07, 6.45) is 2.07. The van der Waals surface area contributed by atoms with Crippen molar-refractivity contribution in [1.82, 2.24) is 10.2 Å². The lowest BCUT2D eigenvalue weighted by atomic mass is 9.98. The number of methoxy groups -OCH3 is 1. The topological polar surface area (TPSA) is 41.6 Å². The summed E-state index contributed by atoms with van der Waals surface area (Å²) in [7, 11) is 1.74. The fourth-order valence-corrected chi connectivity index (χ4v) is 2.42. The minimum atomic E-state index is 0.0414. The molecule has 0 aromatic heterocycles. The van der Waals surface area contributed by atoms with Crippen molar-refractivity contribution >= 4 is 6.03 Å². The number of benzene rings is 1. The Morgan fingerprint density at radius 3 is 2.63 bits per heavy atom. The average Bonchev–Trinajstić information content (AvgIpc) is 2.47. The van der Waals surface area contributed by atoms with Gasteiger partial charge in [0, 0.05) is 33.4 Å². The van der Waals surface area contributed by atoms with Gasteiger partial charge >= 0.3 is 6.03 Å². The van der Waals surface area contributed by atoms with Gasteiger partial charge in [-0.05, 0) is 24.3 Å². The Kier molecular flexibility index (Phi) is 5.21. The van der Waals surface area contributed by atoms with E-state index in [1.165, 1.54) is 0 Å². The number of likely N-dealkylation sites (tertiary alicyclic amines) is 1. The second-order valence-electron chi connectivity index (χ2n) is 5.03. The minimum Gasteiger partial charge on any atom is -0.384 e. The number of hydrogen-bond donors (Lipinski definition) is 1. The van der Waals surface area contributed by atoms with Crippen molar-refractivity contribution < 1.29 is 9.53 Å². The van der Waals surface area contributed by atoms with Gasteiger partial charge in [-0.1, -0.05) is 30.3 Å². The number of carbonyl (C=O) groups is 1. The third-order valence-electron chi connectivity index (χ3n) is 3.59. The van der Waals surface area contributed by atoms with Crippen LogP contribution in [0.25, 0.3) is 0 Å². The zero-order valence-electron chi connectivity index (χ0n) is 11.5. The minimum absolute atomic E-state index is 0.0414. The highest BCUT2D eigenvalue weighted by Crippen LogP contribution is 2.17. The van der Waals surface area contributed by atoms with Crippen molar-refractivity contribution in [3.63, 3.8) is 0 Å². The molecule has 104 valence electrons. The largest absolute Gasteiger partial charge is 0.384 e. The van der Waals surface area contributed by atoms with Crippen LogP contribution in [0.3, 0.4) is 0 Å². The Labute approximate surface area is 114 Å². The fourth-order valence-electron chi connectivity index (χ4n) is 2.42. The molecule has 1 saturated heterocycles. The standard InChI is InChI=1S/C15H22N2O2/c1-19-12-14-7-9-17(10-8-14)15(18)16-11-13-5-3-2-4-6-13/h2-6,14H,7-12H2,1H3,(H,16,18). The van der Waals surface area contributed by atoms with Gasteiger partial charge in [-0.15, -0.1) is 0 Å². The summed E-state index contributed by atoms with van der Waals surface area (Å²) in [5.74, 6) is 0.600. The van der Waals surface area contributed by atoms with Crippen LogP contribution < -0.4 is 5.32 Å². The number of urea groups is 1. The van der Waals surface area contributed by atoms with E-state index in [9.17, 15) is 4.79 Å². The number of carbonyl (C=O) groups excluding carboxylic acids is 1. The second-order valence-corrected chi connectivity index (χ2v) is 5.03. The Morgan fingerprint density at radius 2 is 2.00 bits per heavy atom. The molecule has 1 heterocycles. The molecule has 1 aromatic rings. The van der Waals surface area contributed by atoms with E-state index in [1.807, 2.05) is 35.2 Å². The lowest BCUT2D eigenvalue weighted by molar-refractivity contribution is 0.107. The zero-order chi connectivity index (χ0) is 13.5. The highest BCUT2D eigenvalue weighted by molar-refractivity contribution is 5.74. The van der Waals surface area contributed by atoms with Crippen LogP contribution in [-0.4, -0.2) is 37.7 Å². The van der Waals surface area contributed by atoms with Crippen LogP contribution in [0.4, 0.5) is 4.79 Å². The smallest absolute Gasteiger partial charge is 0.317 e. The molecule has 0 atom stereocenters. The number of nitrogens with zero attached hydrogens (tertiary/aromatic N) is 1. The van der Waals surface area contributed by atoms with Gasteiger partial charge in [0.05, 0.1) is 0 Å². The van der Waals surface area contributed by atoms with Crippen LogP contribution >= 0.6 is 0 Å². The zero-order valence-corrected chi connectivity index (χ0v) is 11.5. The van der Waals surface area contributed by atoms with Crippen LogP contribution in [0.5, 0.6) is 0 Å². The van der Waals surface area contributed by atoms with E-state index >= 15 is 0 Å². The van der Waals surface area contributed by atoms with Gasteiger partial charge < -0.3 is 15.0 Å². The van der Waals surface area contributed by atoms with Crippen LogP contribution in [0.15, 0.2) is 30.3 Å². The molecule has 1 N–H and O–H groups in total. The molecule has 0 aliphatic carbocycles. The van der Waals surface area contributed by atoms with E-state index in [1.54, 1.807) is 7.11 Å². The summed E-state index contributed by atoms with van der Waals surface area (Å²) in [5, 5.41) is 2.97. The van der Waals surface area contributed by atoms with E-state index in [4.69, 9.17) is 4.74 Å². The van der Waals surface area contributed by atoms with Crippen LogP contribution in [-0.2, 0) is 11.3 Å². The van der Waals surface area contributed by atoms with Crippen LogP contribution in [0, 0.1) is 5.92 Å². The molecule has 0 unspecified atom stereocenters. The van der Waals surface area contributed by atoms with Crippen molar-refractivity contribution in [2.75, 3.05) is 26.8 Å². The molecule has 0 saturated carbocycles. The molecule has 1 fully saturated rings. The Bertz CT molecular complexity index is 386. The number of ether oxygens (including phenoxy) is 1. The first-order chi connectivity index (χ1) is 9.29. The highest BCUT2D eigenvalue weighted by atomic mass is 16.5. The van der Waals surface area contributed by atoms with Crippen molar-refractivity contribution in [2.45, 2.75) is 19.4 Å². The van der Waals surface area contributed by atoms with E-state index in [2.05, 4.69) is 5.32 Å². The first-order valence-electron chi connectivity index (χ1n) is 6.85. The van der Waals surface area contributed by atoms with Gasteiger partial charge in [0.25, 0.3) is 0 Å².